The van der Waals surface area contributed by atoms with Crippen molar-refractivity contribution in [2.24, 2.45) is 0 Å². The molecule has 0 aliphatic carbocycles. The summed E-state index contributed by atoms with van der Waals surface area (Å²) >= 11 is 0. The van der Waals surface area contributed by atoms with Crippen LogP contribution in [0, 0.1) is 0 Å². The second-order valence-electron chi connectivity index (χ2n) is 8.13. The van der Waals surface area contributed by atoms with Crippen molar-refractivity contribution in [3.63, 3.8) is 0 Å². The van der Waals surface area contributed by atoms with E-state index in [4.69, 9.17) is 9.47 Å². The minimum absolute atomic E-state index is 0.106. The summed E-state index contributed by atoms with van der Waals surface area (Å²) in [6, 6.07) is 4.63. The summed E-state index contributed by atoms with van der Waals surface area (Å²) < 4.78 is 49.6. The monoisotopic (exact) mass is 425 g/mol. The number of carbonyl (C=O) groups is 2. The third-order valence-electron chi connectivity index (χ3n) is 4.99. The van der Waals surface area contributed by atoms with Gasteiger partial charge in [-0.2, -0.15) is 13.2 Å². The minimum atomic E-state index is -4.47. The Morgan fingerprint density at radius 3 is 2.13 bits per heavy atom. The maximum atomic E-state index is 13.1. The summed E-state index contributed by atoms with van der Waals surface area (Å²) in [5.74, 6) is -1.29. The normalized spacial score (nSPS) is 17.9. The first-order chi connectivity index (χ1) is 13.8. The van der Waals surface area contributed by atoms with Gasteiger partial charge in [-0.05, 0) is 57.9 Å². The molecule has 0 spiro atoms. The first kappa shape index (κ1) is 23.5. The predicted octanol–water partition coefficient (Wildman–Crippen LogP) is 4.80. The van der Waals surface area contributed by atoms with E-state index in [2.05, 4.69) is 0 Å². The number of halogens is 3. The molecule has 0 saturated heterocycles. The zero-order valence-corrected chi connectivity index (χ0v) is 17.9. The minimum Gasteiger partial charge on any atom is -0.463 e. The number of allylic oxidation sites excluding steroid dienone is 2. The fourth-order valence-corrected chi connectivity index (χ4v) is 3.38. The Bertz CT molecular complexity index is 877. The molecule has 8 heteroatoms. The molecule has 1 aromatic rings. The average Bonchev–Trinajstić information content (AvgIpc) is 2.63. The van der Waals surface area contributed by atoms with Crippen LogP contribution in [0.15, 0.2) is 46.8 Å². The van der Waals surface area contributed by atoms with E-state index in [1.807, 2.05) is 0 Å². The van der Waals surface area contributed by atoms with Gasteiger partial charge in [0.05, 0.1) is 11.1 Å². The van der Waals surface area contributed by atoms with Crippen LogP contribution in [0.25, 0.3) is 0 Å². The summed E-state index contributed by atoms with van der Waals surface area (Å²) in [4.78, 5) is 25.7. The maximum Gasteiger partial charge on any atom is 0.416 e. The van der Waals surface area contributed by atoms with Gasteiger partial charge < -0.3 is 14.4 Å². The predicted molar refractivity (Wildman–Crippen MR) is 105 cm³/mol. The SMILES string of the molecule is CC1=C(COC=O)C(c2ccc(C(F)(F)F)cc2)C(C(=O)OC(C)(C)C)=C(C)N1C. The van der Waals surface area contributed by atoms with Crippen LogP contribution in [-0.2, 0) is 25.2 Å². The van der Waals surface area contributed by atoms with Gasteiger partial charge in [0.2, 0.25) is 0 Å². The van der Waals surface area contributed by atoms with Crippen LogP contribution in [0.2, 0.25) is 0 Å². The van der Waals surface area contributed by atoms with Crippen LogP contribution < -0.4 is 0 Å². The van der Waals surface area contributed by atoms with Crippen molar-refractivity contribution in [2.45, 2.75) is 52.3 Å². The van der Waals surface area contributed by atoms with E-state index >= 15 is 0 Å². The van der Waals surface area contributed by atoms with Crippen LogP contribution in [-0.4, -0.2) is 36.6 Å². The number of ether oxygens (including phenoxy) is 2. The Morgan fingerprint density at radius 2 is 1.67 bits per heavy atom. The molecule has 1 atom stereocenters. The molecule has 0 fully saturated rings. The Kier molecular flexibility index (Phi) is 6.69. The average molecular weight is 425 g/mol. The first-order valence-electron chi connectivity index (χ1n) is 9.37. The van der Waals surface area contributed by atoms with Crippen LogP contribution in [0.5, 0.6) is 0 Å². The lowest BCUT2D eigenvalue weighted by molar-refractivity contribution is -0.150. The summed E-state index contributed by atoms with van der Waals surface area (Å²) in [6.07, 6.45) is -4.47. The summed E-state index contributed by atoms with van der Waals surface area (Å²) in [7, 11) is 1.76. The van der Waals surface area contributed by atoms with E-state index < -0.39 is 29.2 Å². The maximum absolute atomic E-state index is 13.1. The van der Waals surface area contributed by atoms with E-state index in [-0.39, 0.29) is 6.61 Å². The molecule has 30 heavy (non-hydrogen) atoms. The Hall–Kier alpha value is -2.77. The molecule has 1 aliphatic rings. The van der Waals surface area contributed by atoms with E-state index in [1.165, 1.54) is 12.1 Å². The number of nitrogens with zero attached hydrogens (tertiary/aromatic N) is 1. The van der Waals surface area contributed by atoms with Crippen molar-refractivity contribution in [2.75, 3.05) is 13.7 Å². The molecular formula is C22H26F3NO4. The molecule has 0 aromatic heterocycles. The van der Waals surface area contributed by atoms with Crippen molar-refractivity contribution in [3.05, 3.63) is 57.9 Å². The molecule has 164 valence electrons. The zero-order chi connectivity index (χ0) is 22.9. The molecule has 1 aromatic carbocycles. The highest BCUT2D eigenvalue weighted by Crippen LogP contribution is 2.43. The van der Waals surface area contributed by atoms with Crippen LogP contribution >= 0.6 is 0 Å². The fraction of sp³-hybridized carbons (Fsp3) is 0.455. The highest BCUT2D eigenvalue weighted by atomic mass is 19.4. The highest BCUT2D eigenvalue weighted by molar-refractivity contribution is 5.93. The number of benzene rings is 1. The van der Waals surface area contributed by atoms with Gasteiger partial charge >= 0.3 is 12.1 Å². The molecule has 0 radical (unpaired) electrons. The summed E-state index contributed by atoms with van der Waals surface area (Å²) in [5, 5.41) is 0. The lowest BCUT2D eigenvalue weighted by Gasteiger charge is -2.37. The lowest BCUT2D eigenvalue weighted by atomic mass is 9.80. The van der Waals surface area contributed by atoms with Crippen molar-refractivity contribution in [1.82, 2.24) is 4.90 Å². The van der Waals surface area contributed by atoms with Gasteiger partial charge in [0, 0.05) is 24.4 Å². The standard InChI is InChI=1S/C22H26F3NO4/c1-13-17(11-29-12-27)19(15-7-9-16(10-8-15)22(23,24)25)18(14(2)26(13)6)20(28)30-21(3,4)5/h7-10,12,19H,11H2,1-6H3. The van der Waals surface area contributed by atoms with Crippen molar-refractivity contribution in [3.8, 4) is 0 Å². The number of rotatable bonds is 5. The van der Waals surface area contributed by atoms with E-state index in [9.17, 15) is 22.8 Å². The molecule has 1 heterocycles. The third kappa shape index (κ3) is 5.04. The van der Waals surface area contributed by atoms with Gasteiger partial charge in [0.15, 0.2) is 0 Å². The first-order valence-corrected chi connectivity index (χ1v) is 9.37. The number of hydrogen-bond acceptors (Lipinski definition) is 5. The molecule has 1 unspecified atom stereocenters. The van der Waals surface area contributed by atoms with E-state index in [0.29, 0.717) is 28.9 Å². The lowest BCUT2D eigenvalue weighted by Crippen LogP contribution is -2.34. The number of carbonyl (C=O) groups excluding carboxylic acids is 2. The Labute approximate surface area is 174 Å². The molecule has 5 nitrogen and oxygen atoms in total. The summed E-state index contributed by atoms with van der Waals surface area (Å²) in [5.41, 5.74) is 1.17. The molecule has 0 saturated carbocycles. The van der Waals surface area contributed by atoms with Crippen molar-refractivity contribution >= 4 is 12.4 Å². The molecule has 0 N–H and O–H groups in total. The van der Waals surface area contributed by atoms with Gasteiger partial charge in [-0.15, -0.1) is 0 Å². The largest absolute Gasteiger partial charge is 0.463 e. The zero-order valence-electron chi connectivity index (χ0n) is 17.9. The molecular weight excluding hydrogens is 399 g/mol. The second kappa shape index (κ2) is 8.53. The molecule has 0 bridgehead atoms. The molecule has 2 rings (SSSR count). The number of alkyl halides is 3. The Morgan fingerprint density at radius 1 is 1.10 bits per heavy atom. The van der Waals surface area contributed by atoms with Crippen molar-refractivity contribution in [1.29, 1.82) is 0 Å². The third-order valence-corrected chi connectivity index (χ3v) is 4.99. The highest BCUT2D eigenvalue weighted by Gasteiger charge is 2.38. The Balaban J connectivity index is 2.64. The van der Waals surface area contributed by atoms with Gasteiger partial charge in [-0.25, -0.2) is 4.79 Å². The quantitative estimate of drug-likeness (QED) is 0.501. The van der Waals surface area contributed by atoms with Gasteiger partial charge in [0.25, 0.3) is 6.47 Å². The number of esters is 1. The van der Waals surface area contributed by atoms with Crippen LogP contribution in [0.4, 0.5) is 13.2 Å². The second-order valence-corrected chi connectivity index (χ2v) is 8.13. The van der Waals surface area contributed by atoms with Gasteiger partial charge in [-0.3, -0.25) is 4.79 Å². The van der Waals surface area contributed by atoms with Crippen LogP contribution in [0.1, 0.15) is 51.7 Å². The van der Waals surface area contributed by atoms with Gasteiger partial charge in [0.1, 0.15) is 12.2 Å². The van der Waals surface area contributed by atoms with Crippen molar-refractivity contribution < 1.29 is 32.2 Å². The van der Waals surface area contributed by atoms with E-state index in [0.717, 1.165) is 17.8 Å². The molecule has 0 amide bonds. The van der Waals surface area contributed by atoms with Gasteiger partial charge in [-0.1, -0.05) is 12.1 Å². The summed E-state index contributed by atoms with van der Waals surface area (Å²) in [6.45, 7) is 8.94. The molecule has 1 aliphatic heterocycles. The van der Waals surface area contributed by atoms with Crippen LogP contribution in [0.3, 0.4) is 0 Å². The fourth-order valence-electron chi connectivity index (χ4n) is 3.38. The smallest absolute Gasteiger partial charge is 0.416 e. The topological polar surface area (TPSA) is 55.8 Å². The van der Waals surface area contributed by atoms with E-state index in [1.54, 1.807) is 46.6 Å². The number of hydrogen-bond donors (Lipinski definition) is 0.